The Balaban J connectivity index is 3.60. The summed E-state index contributed by atoms with van der Waals surface area (Å²) >= 11 is 6.69. The molecule has 1 nitrogen and oxygen atoms in total. The molecule has 12 heavy (non-hydrogen) atoms. The van der Waals surface area contributed by atoms with E-state index in [1.165, 1.54) is 12.8 Å². The third-order valence-corrected chi connectivity index (χ3v) is 7.82. The summed E-state index contributed by atoms with van der Waals surface area (Å²) in [4.78, 5) is 9.63. The Labute approximate surface area is 85.2 Å². The standard InChI is InChI=1S/C8H19OPS2/c1-4-6-8(3)7-12-10(9,11)5-2/h8H,4-7H2,1-3H3,(H,9,11). The number of hydrogen-bond acceptors (Lipinski definition) is 2. The van der Waals surface area contributed by atoms with Gasteiger partial charge in [-0.05, 0) is 5.92 Å². The van der Waals surface area contributed by atoms with Crippen LogP contribution in [-0.4, -0.2) is 16.8 Å². The lowest BCUT2D eigenvalue weighted by molar-refractivity contribution is 0.585. The third kappa shape index (κ3) is 6.47. The first-order valence-electron chi connectivity index (χ1n) is 4.48. The van der Waals surface area contributed by atoms with Crippen molar-refractivity contribution in [3.05, 3.63) is 0 Å². The van der Waals surface area contributed by atoms with Gasteiger partial charge in [0.2, 0.25) is 0 Å². The lowest BCUT2D eigenvalue weighted by Crippen LogP contribution is -1.97. The van der Waals surface area contributed by atoms with E-state index in [9.17, 15) is 4.89 Å². The van der Waals surface area contributed by atoms with E-state index in [4.69, 9.17) is 11.8 Å². The summed E-state index contributed by atoms with van der Waals surface area (Å²) in [6.45, 7) is 6.38. The van der Waals surface area contributed by atoms with Gasteiger partial charge < -0.3 is 4.89 Å². The second-order valence-corrected chi connectivity index (χ2v) is 10.7. The molecule has 0 aromatic heterocycles. The minimum absolute atomic E-state index is 0.695. The third-order valence-electron chi connectivity index (χ3n) is 1.74. The van der Waals surface area contributed by atoms with Crippen LogP contribution in [0.1, 0.15) is 33.6 Å². The summed E-state index contributed by atoms with van der Waals surface area (Å²) in [5.41, 5.74) is -2.00. The summed E-state index contributed by atoms with van der Waals surface area (Å²) in [7, 11) is 0. The quantitative estimate of drug-likeness (QED) is 0.700. The lowest BCUT2D eigenvalue weighted by atomic mass is 10.1. The normalized spacial score (nSPS) is 18.7. The Kier molecular flexibility index (Phi) is 6.93. The fourth-order valence-electron chi connectivity index (χ4n) is 0.911. The minimum atomic E-state index is -2.00. The average molecular weight is 226 g/mol. The molecule has 4 heteroatoms. The van der Waals surface area contributed by atoms with Crippen LogP contribution in [0, 0.1) is 5.92 Å². The molecule has 0 saturated heterocycles. The van der Waals surface area contributed by atoms with Crippen LogP contribution in [0.15, 0.2) is 0 Å². The molecule has 0 bridgehead atoms. The van der Waals surface area contributed by atoms with Crippen LogP contribution in [0.4, 0.5) is 0 Å². The van der Waals surface area contributed by atoms with Crippen molar-refractivity contribution < 1.29 is 4.89 Å². The molecule has 0 saturated carbocycles. The molecule has 0 aliphatic carbocycles. The molecule has 0 rings (SSSR count). The molecular formula is C8H19OPS2. The minimum Gasteiger partial charge on any atom is -0.357 e. The van der Waals surface area contributed by atoms with E-state index in [-0.39, 0.29) is 0 Å². The summed E-state index contributed by atoms with van der Waals surface area (Å²) in [6, 6.07) is 0. The van der Waals surface area contributed by atoms with Gasteiger partial charge in [-0.2, -0.15) is 0 Å². The first kappa shape index (κ1) is 13.0. The largest absolute Gasteiger partial charge is 0.357 e. The molecule has 0 aromatic rings. The Morgan fingerprint density at radius 3 is 2.50 bits per heavy atom. The van der Waals surface area contributed by atoms with Gasteiger partial charge in [0, 0.05) is 11.9 Å². The molecule has 1 N–H and O–H groups in total. The van der Waals surface area contributed by atoms with Gasteiger partial charge in [0.15, 0.2) is 0 Å². The summed E-state index contributed by atoms with van der Waals surface area (Å²) < 4.78 is 0. The molecule has 2 atom stereocenters. The highest BCUT2D eigenvalue weighted by Gasteiger charge is 2.12. The summed E-state index contributed by atoms with van der Waals surface area (Å²) in [6.07, 6.45) is 3.22. The predicted molar refractivity (Wildman–Crippen MR) is 63.6 cm³/mol. The van der Waals surface area contributed by atoms with Crippen molar-refractivity contribution in [1.29, 1.82) is 0 Å². The van der Waals surface area contributed by atoms with E-state index in [1.54, 1.807) is 11.4 Å². The number of hydrogen-bond donors (Lipinski definition) is 1. The zero-order valence-corrected chi connectivity index (χ0v) is 10.6. The van der Waals surface area contributed by atoms with Crippen LogP contribution in [0.25, 0.3) is 0 Å². The van der Waals surface area contributed by atoms with Gasteiger partial charge in [0.1, 0.15) is 5.47 Å². The van der Waals surface area contributed by atoms with Crippen molar-refractivity contribution in [2.75, 3.05) is 11.9 Å². The molecule has 2 unspecified atom stereocenters. The van der Waals surface area contributed by atoms with Crippen LogP contribution in [0.3, 0.4) is 0 Å². The second-order valence-electron chi connectivity index (χ2n) is 3.14. The Morgan fingerprint density at radius 1 is 1.50 bits per heavy atom. The van der Waals surface area contributed by atoms with Gasteiger partial charge in [-0.3, -0.25) is 0 Å². The highest BCUT2D eigenvalue weighted by atomic mass is 32.9. The summed E-state index contributed by atoms with van der Waals surface area (Å²) in [5.74, 6) is 1.72. The molecule has 0 heterocycles. The smallest absolute Gasteiger partial charge is 0.116 e. The highest BCUT2D eigenvalue weighted by molar-refractivity contribution is 8.69. The van der Waals surface area contributed by atoms with Gasteiger partial charge >= 0.3 is 0 Å². The van der Waals surface area contributed by atoms with Crippen molar-refractivity contribution in [2.24, 2.45) is 5.92 Å². The first-order chi connectivity index (χ1) is 5.52. The predicted octanol–water partition coefficient (Wildman–Crippen LogP) is 3.48. The van der Waals surface area contributed by atoms with Gasteiger partial charge in [0.05, 0.1) is 0 Å². The molecule has 0 aliphatic rings. The van der Waals surface area contributed by atoms with Gasteiger partial charge in [-0.1, -0.05) is 56.8 Å². The molecule has 0 radical (unpaired) electrons. The molecule has 0 aliphatic heterocycles. The van der Waals surface area contributed by atoms with Crippen molar-refractivity contribution in [3.8, 4) is 0 Å². The zero-order chi connectivity index (χ0) is 9.61. The Morgan fingerprint density at radius 2 is 2.08 bits per heavy atom. The number of rotatable bonds is 6. The van der Waals surface area contributed by atoms with E-state index >= 15 is 0 Å². The first-order valence-corrected chi connectivity index (χ1v) is 9.01. The van der Waals surface area contributed by atoms with Crippen molar-refractivity contribution in [1.82, 2.24) is 0 Å². The van der Waals surface area contributed by atoms with Crippen LogP contribution in [0.2, 0.25) is 0 Å². The zero-order valence-electron chi connectivity index (χ0n) is 8.12. The monoisotopic (exact) mass is 226 g/mol. The van der Waals surface area contributed by atoms with E-state index in [1.807, 2.05) is 6.92 Å². The van der Waals surface area contributed by atoms with Gasteiger partial charge in [-0.15, -0.1) is 0 Å². The average Bonchev–Trinajstić information content (AvgIpc) is 2.02. The van der Waals surface area contributed by atoms with E-state index in [2.05, 4.69) is 13.8 Å². The molecule has 0 aromatic carbocycles. The molecule has 0 spiro atoms. The maximum absolute atomic E-state index is 9.63. The van der Waals surface area contributed by atoms with Crippen LogP contribution >= 0.6 is 16.8 Å². The maximum atomic E-state index is 9.63. The van der Waals surface area contributed by atoms with Gasteiger partial charge in [-0.25, -0.2) is 0 Å². The fraction of sp³-hybridized carbons (Fsp3) is 1.00. The molecule has 74 valence electrons. The Hall–Kier alpha value is 0.960. The lowest BCUT2D eigenvalue weighted by Gasteiger charge is -2.15. The second kappa shape index (κ2) is 6.42. The maximum Gasteiger partial charge on any atom is 0.116 e. The summed E-state index contributed by atoms with van der Waals surface area (Å²) in [5, 5.41) is 0. The van der Waals surface area contributed by atoms with Crippen LogP contribution in [0.5, 0.6) is 0 Å². The molecule has 0 fully saturated rings. The molecular weight excluding hydrogens is 207 g/mol. The molecule has 0 amide bonds. The van der Waals surface area contributed by atoms with Crippen LogP contribution in [-0.2, 0) is 11.8 Å². The fourth-order valence-corrected chi connectivity index (χ4v) is 4.31. The SMILES string of the molecule is CCCC(C)CSP(O)(=S)CC. The van der Waals surface area contributed by atoms with Crippen molar-refractivity contribution >= 4 is 28.7 Å². The van der Waals surface area contributed by atoms with Crippen molar-refractivity contribution in [3.63, 3.8) is 0 Å². The van der Waals surface area contributed by atoms with Crippen molar-refractivity contribution in [2.45, 2.75) is 33.6 Å². The Bertz CT molecular complexity index is 161. The van der Waals surface area contributed by atoms with E-state index < -0.39 is 5.47 Å². The topological polar surface area (TPSA) is 20.2 Å². The van der Waals surface area contributed by atoms with E-state index in [0.29, 0.717) is 5.92 Å². The van der Waals surface area contributed by atoms with Crippen LogP contribution < -0.4 is 0 Å². The highest BCUT2D eigenvalue weighted by Crippen LogP contribution is 2.55. The van der Waals surface area contributed by atoms with Gasteiger partial charge in [0.25, 0.3) is 0 Å². The van der Waals surface area contributed by atoms with E-state index in [0.717, 1.165) is 11.9 Å².